The quantitative estimate of drug-likeness (QED) is 0.529. The maximum Gasteiger partial charge on any atom is 0.279 e. The van der Waals surface area contributed by atoms with Gasteiger partial charge in [0.2, 0.25) is 5.76 Å². The van der Waals surface area contributed by atoms with E-state index in [1.807, 2.05) is 6.07 Å². The molecule has 9 nitrogen and oxygen atoms in total. The molecule has 2 N–H and O–H groups in total. The normalized spacial score (nSPS) is 12.8. The summed E-state index contributed by atoms with van der Waals surface area (Å²) in [6.45, 7) is 0.00289. The molecule has 1 aromatic carbocycles. The van der Waals surface area contributed by atoms with E-state index in [1.165, 1.54) is 23.7 Å². The van der Waals surface area contributed by atoms with Crippen LogP contribution in [-0.4, -0.2) is 28.6 Å². The van der Waals surface area contributed by atoms with Crippen LogP contribution in [0.15, 0.2) is 57.0 Å². The standard InChI is InChI=1S/C19H12N4O5S/c24-17-8-27-14-4-3-10(6-11(14)20-17)13-9-29-19(21-13)22-18(25)12-7-16(28-23-12)15-2-1-5-26-15/h1-7,9H,8H2,(H,20,24)(H,21,22,25). The van der Waals surface area contributed by atoms with Crippen LogP contribution >= 0.6 is 11.3 Å². The van der Waals surface area contributed by atoms with Crippen LogP contribution in [0.2, 0.25) is 0 Å². The minimum atomic E-state index is -0.446. The Balaban J connectivity index is 1.32. The zero-order valence-electron chi connectivity index (χ0n) is 14.7. The van der Waals surface area contributed by atoms with Crippen molar-refractivity contribution in [1.82, 2.24) is 10.1 Å². The topological polar surface area (TPSA) is 119 Å². The molecule has 10 heteroatoms. The zero-order chi connectivity index (χ0) is 19.8. The van der Waals surface area contributed by atoms with E-state index in [1.54, 1.807) is 29.6 Å². The number of nitrogens with zero attached hydrogens (tertiary/aromatic N) is 2. The first-order valence-corrected chi connectivity index (χ1v) is 9.38. The molecule has 1 aliphatic rings. The van der Waals surface area contributed by atoms with Crippen LogP contribution in [0.4, 0.5) is 10.8 Å². The van der Waals surface area contributed by atoms with E-state index >= 15 is 0 Å². The average Bonchev–Trinajstić information content (AvgIpc) is 3.47. The van der Waals surface area contributed by atoms with E-state index in [4.69, 9.17) is 13.7 Å². The minimum absolute atomic E-state index is 0.00289. The fraction of sp³-hybridized carbons (Fsp3) is 0.0526. The summed E-state index contributed by atoms with van der Waals surface area (Å²) < 4.78 is 15.7. The van der Waals surface area contributed by atoms with Gasteiger partial charge in [0.1, 0.15) is 5.75 Å². The number of thiazole rings is 1. The third kappa shape index (κ3) is 3.36. The molecule has 2 amide bonds. The molecular formula is C19H12N4O5S. The number of anilines is 2. The minimum Gasteiger partial charge on any atom is -0.482 e. The highest BCUT2D eigenvalue weighted by atomic mass is 32.1. The van der Waals surface area contributed by atoms with Gasteiger partial charge in [0, 0.05) is 17.0 Å². The van der Waals surface area contributed by atoms with E-state index in [9.17, 15) is 9.59 Å². The summed E-state index contributed by atoms with van der Waals surface area (Å²) in [7, 11) is 0. The number of furan rings is 1. The Labute approximate surface area is 167 Å². The molecule has 29 heavy (non-hydrogen) atoms. The van der Waals surface area contributed by atoms with Gasteiger partial charge in [-0.05, 0) is 30.3 Å². The van der Waals surface area contributed by atoms with Crippen LogP contribution in [0.25, 0.3) is 22.8 Å². The number of amides is 2. The van der Waals surface area contributed by atoms with Crippen molar-refractivity contribution >= 4 is 34.0 Å². The molecule has 3 aromatic heterocycles. The van der Waals surface area contributed by atoms with Gasteiger partial charge in [0.15, 0.2) is 23.2 Å². The SMILES string of the molecule is O=C1COc2ccc(-c3csc(NC(=O)c4cc(-c5ccco5)on4)n3)cc2N1. The summed E-state index contributed by atoms with van der Waals surface area (Å²) >= 11 is 1.27. The molecule has 0 spiro atoms. The van der Waals surface area contributed by atoms with Crippen LogP contribution < -0.4 is 15.4 Å². The zero-order valence-corrected chi connectivity index (χ0v) is 15.5. The smallest absolute Gasteiger partial charge is 0.279 e. The Morgan fingerprint density at radius 3 is 3.00 bits per heavy atom. The van der Waals surface area contributed by atoms with Crippen molar-refractivity contribution in [1.29, 1.82) is 0 Å². The number of fused-ring (bicyclic) bond motifs is 1. The van der Waals surface area contributed by atoms with Gasteiger partial charge >= 0.3 is 0 Å². The molecule has 4 heterocycles. The Morgan fingerprint density at radius 2 is 2.14 bits per heavy atom. The largest absolute Gasteiger partial charge is 0.482 e. The first-order chi connectivity index (χ1) is 14.2. The predicted molar refractivity (Wildman–Crippen MR) is 104 cm³/mol. The third-order valence-corrected chi connectivity index (χ3v) is 4.90. The first kappa shape index (κ1) is 17.2. The number of carbonyl (C=O) groups is 2. The summed E-state index contributed by atoms with van der Waals surface area (Å²) in [6.07, 6.45) is 1.51. The van der Waals surface area contributed by atoms with Gasteiger partial charge in [-0.1, -0.05) is 5.16 Å². The lowest BCUT2D eigenvalue weighted by molar-refractivity contribution is -0.118. The molecule has 144 valence electrons. The van der Waals surface area contributed by atoms with Gasteiger partial charge in [-0.3, -0.25) is 14.9 Å². The van der Waals surface area contributed by atoms with Crippen LogP contribution in [-0.2, 0) is 4.79 Å². The number of benzene rings is 1. The van der Waals surface area contributed by atoms with Crippen molar-refractivity contribution in [2.45, 2.75) is 0 Å². The number of nitrogens with one attached hydrogen (secondary N) is 2. The van der Waals surface area contributed by atoms with Crippen molar-refractivity contribution in [3.8, 4) is 28.5 Å². The highest BCUT2D eigenvalue weighted by molar-refractivity contribution is 7.14. The molecule has 0 radical (unpaired) electrons. The average molecular weight is 408 g/mol. The fourth-order valence-electron chi connectivity index (χ4n) is 2.78. The van der Waals surface area contributed by atoms with Crippen molar-refractivity contribution < 1.29 is 23.3 Å². The third-order valence-electron chi connectivity index (χ3n) is 4.14. The lowest BCUT2D eigenvalue weighted by Crippen LogP contribution is -2.25. The van der Waals surface area contributed by atoms with E-state index in [0.29, 0.717) is 33.8 Å². The molecule has 0 fully saturated rings. The molecule has 0 saturated heterocycles. The lowest BCUT2D eigenvalue weighted by atomic mass is 10.1. The molecule has 0 unspecified atom stereocenters. The predicted octanol–water partition coefficient (Wildman–Crippen LogP) is 3.64. The van der Waals surface area contributed by atoms with Crippen LogP contribution in [0.1, 0.15) is 10.5 Å². The number of hydrogen-bond donors (Lipinski definition) is 2. The maximum absolute atomic E-state index is 12.4. The van der Waals surface area contributed by atoms with E-state index < -0.39 is 5.91 Å². The van der Waals surface area contributed by atoms with Gasteiger partial charge in [-0.2, -0.15) is 0 Å². The summed E-state index contributed by atoms with van der Waals surface area (Å²) in [5, 5.41) is 11.4. The van der Waals surface area contributed by atoms with Gasteiger partial charge in [-0.25, -0.2) is 4.98 Å². The van der Waals surface area contributed by atoms with E-state index in [-0.39, 0.29) is 18.2 Å². The Bertz CT molecular complexity index is 1210. The summed E-state index contributed by atoms with van der Waals surface area (Å²) in [6, 6.07) is 10.3. The number of aromatic nitrogens is 2. The monoisotopic (exact) mass is 408 g/mol. The molecule has 0 bridgehead atoms. The van der Waals surface area contributed by atoms with Gasteiger partial charge in [-0.15, -0.1) is 11.3 Å². The van der Waals surface area contributed by atoms with E-state index in [2.05, 4.69) is 20.8 Å². The number of carbonyl (C=O) groups excluding carboxylic acids is 2. The second-order valence-electron chi connectivity index (χ2n) is 6.09. The van der Waals surface area contributed by atoms with Crippen LogP contribution in [0, 0.1) is 0 Å². The second-order valence-corrected chi connectivity index (χ2v) is 6.95. The van der Waals surface area contributed by atoms with Gasteiger partial charge < -0.3 is 19.0 Å². The molecule has 4 aromatic rings. The molecule has 5 rings (SSSR count). The van der Waals surface area contributed by atoms with Gasteiger partial charge in [0.05, 0.1) is 17.6 Å². The highest BCUT2D eigenvalue weighted by Gasteiger charge is 2.19. The number of rotatable bonds is 4. The van der Waals surface area contributed by atoms with Crippen molar-refractivity contribution in [3.63, 3.8) is 0 Å². The van der Waals surface area contributed by atoms with Crippen molar-refractivity contribution in [3.05, 3.63) is 53.7 Å². The van der Waals surface area contributed by atoms with Crippen LogP contribution in [0.5, 0.6) is 5.75 Å². The molecule has 0 saturated carbocycles. The Kier molecular flexibility index (Phi) is 4.10. The maximum atomic E-state index is 12.4. The Hall–Kier alpha value is -3.92. The lowest BCUT2D eigenvalue weighted by Gasteiger charge is -2.18. The molecule has 0 atom stereocenters. The van der Waals surface area contributed by atoms with Gasteiger partial charge in [0.25, 0.3) is 11.8 Å². The Morgan fingerprint density at radius 1 is 1.21 bits per heavy atom. The first-order valence-electron chi connectivity index (χ1n) is 8.50. The summed E-state index contributed by atoms with van der Waals surface area (Å²) in [5.41, 5.74) is 2.14. The van der Waals surface area contributed by atoms with Crippen molar-refractivity contribution in [2.75, 3.05) is 17.2 Å². The number of hydrogen-bond acceptors (Lipinski definition) is 8. The number of ether oxygens (including phenoxy) is 1. The highest BCUT2D eigenvalue weighted by Crippen LogP contribution is 2.34. The molecule has 0 aliphatic carbocycles. The second kappa shape index (κ2) is 6.91. The van der Waals surface area contributed by atoms with E-state index in [0.717, 1.165) is 5.56 Å². The van der Waals surface area contributed by atoms with Crippen LogP contribution in [0.3, 0.4) is 0 Å². The molecule has 1 aliphatic heterocycles. The van der Waals surface area contributed by atoms with Crippen molar-refractivity contribution in [2.24, 2.45) is 0 Å². The fourth-order valence-corrected chi connectivity index (χ4v) is 3.50. The summed E-state index contributed by atoms with van der Waals surface area (Å²) in [4.78, 5) is 28.3. The molecular weight excluding hydrogens is 396 g/mol. The summed E-state index contributed by atoms with van der Waals surface area (Å²) in [5.74, 6) is 0.798.